The molecule has 1 heterocycles. The number of hydrogen-bond acceptors (Lipinski definition) is 4. The summed E-state index contributed by atoms with van der Waals surface area (Å²) < 4.78 is 5.52. The lowest BCUT2D eigenvalue weighted by Crippen LogP contribution is -2.29. The molecule has 0 radical (unpaired) electrons. The predicted octanol–water partition coefficient (Wildman–Crippen LogP) is 5.14. The van der Waals surface area contributed by atoms with Gasteiger partial charge in [-0.25, -0.2) is 4.79 Å². The quantitative estimate of drug-likeness (QED) is 0.711. The minimum absolute atomic E-state index is 0.451. The van der Waals surface area contributed by atoms with Crippen molar-refractivity contribution >= 4 is 11.8 Å². The molecule has 144 valence electrons. The van der Waals surface area contributed by atoms with Crippen LogP contribution in [-0.2, 0) is 6.54 Å². The van der Waals surface area contributed by atoms with Gasteiger partial charge in [0.15, 0.2) is 0 Å². The summed E-state index contributed by atoms with van der Waals surface area (Å²) in [4.78, 5) is 16.1. The van der Waals surface area contributed by atoms with Crippen molar-refractivity contribution in [3.05, 3.63) is 54.4 Å². The topological polar surface area (TPSA) is 63.2 Å². The summed E-state index contributed by atoms with van der Waals surface area (Å²) in [5.41, 5.74) is 1.64. The molecule has 2 N–H and O–H groups in total. The molecule has 27 heavy (non-hydrogen) atoms. The Hall–Kier alpha value is -2.40. The van der Waals surface area contributed by atoms with Crippen LogP contribution in [0.2, 0.25) is 0 Å². The summed E-state index contributed by atoms with van der Waals surface area (Å²) in [6.45, 7) is 2.93. The molecule has 1 aromatic carbocycles. The zero-order valence-corrected chi connectivity index (χ0v) is 16.0. The third-order valence-corrected chi connectivity index (χ3v) is 5.15. The summed E-state index contributed by atoms with van der Waals surface area (Å²) in [5.74, 6) is 1.43. The van der Waals surface area contributed by atoms with Crippen LogP contribution >= 0.6 is 0 Å². The number of rotatable bonds is 7. The Kier molecular flexibility index (Phi) is 7.22. The second-order valence-corrected chi connectivity index (χ2v) is 7.38. The number of carbonyl (C=O) groups excluding carboxylic acids is 1. The molecule has 1 aromatic heterocycles. The number of pyridine rings is 1. The average molecular weight is 367 g/mol. The Bertz CT molecular complexity index is 715. The second-order valence-electron chi connectivity index (χ2n) is 7.38. The van der Waals surface area contributed by atoms with E-state index in [4.69, 9.17) is 4.74 Å². The van der Waals surface area contributed by atoms with E-state index >= 15 is 0 Å². The van der Waals surface area contributed by atoms with Crippen molar-refractivity contribution in [2.45, 2.75) is 58.0 Å². The minimum Gasteiger partial charge on any atom is -0.410 e. The number of anilines is 1. The van der Waals surface area contributed by atoms with Crippen molar-refractivity contribution < 1.29 is 9.53 Å². The van der Waals surface area contributed by atoms with Gasteiger partial charge in [-0.15, -0.1) is 0 Å². The lowest BCUT2D eigenvalue weighted by Gasteiger charge is -2.25. The number of carbonyl (C=O) groups is 1. The van der Waals surface area contributed by atoms with Gasteiger partial charge in [0.1, 0.15) is 5.75 Å². The number of amides is 1. The highest BCUT2D eigenvalue weighted by Crippen LogP contribution is 2.27. The van der Waals surface area contributed by atoms with Gasteiger partial charge in [-0.05, 0) is 37.5 Å². The van der Waals surface area contributed by atoms with Crippen LogP contribution in [-0.4, -0.2) is 17.1 Å². The first-order valence-corrected chi connectivity index (χ1v) is 9.91. The summed E-state index contributed by atoms with van der Waals surface area (Å²) in [6, 6.07) is 11.6. The summed E-state index contributed by atoms with van der Waals surface area (Å²) >= 11 is 0. The van der Waals surface area contributed by atoms with Gasteiger partial charge in [0.2, 0.25) is 0 Å². The van der Waals surface area contributed by atoms with Crippen molar-refractivity contribution in [3.8, 4) is 5.75 Å². The Morgan fingerprint density at radius 2 is 1.89 bits per heavy atom. The minimum atomic E-state index is -0.496. The number of benzene rings is 1. The first kappa shape index (κ1) is 19.4. The van der Waals surface area contributed by atoms with Crippen LogP contribution in [0.4, 0.5) is 10.5 Å². The highest BCUT2D eigenvalue weighted by molar-refractivity contribution is 5.86. The van der Waals surface area contributed by atoms with Crippen LogP contribution in [0.25, 0.3) is 0 Å². The largest absolute Gasteiger partial charge is 0.417 e. The number of hydrogen-bond donors (Lipinski definition) is 2. The molecule has 0 spiro atoms. The maximum atomic E-state index is 12.2. The molecule has 1 aliphatic carbocycles. The van der Waals surface area contributed by atoms with E-state index in [9.17, 15) is 4.79 Å². The third kappa shape index (κ3) is 6.36. The molecule has 1 unspecified atom stereocenters. The SMILES string of the molecule is CC(CC1CCCCC1)NCc1ccccc1OC(=O)Nc1ccncc1. The van der Waals surface area contributed by atoms with E-state index in [1.54, 1.807) is 24.5 Å². The van der Waals surface area contributed by atoms with E-state index in [1.165, 1.54) is 38.5 Å². The van der Waals surface area contributed by atoms with Crippen molar-refractivity contribution in [2.24, 2.45) is 5.92 Å². The van der Waals surface area contributed by atoms with E-state index < -0.39 is 6.09 Å². The van der Waals surface area contributed by atoms with Gasteiger partial charge < -0.3 is 10.1 Å². The number of aromatic nitrogens is 1. The highest BCUT2D eigenvalue weighted by Gasteiger charge is 2.17. The van der Waals surface area contributed by atoms with E-state index in [0.717, 1.165) is 11.5 Å². The monoisotopic (exact) mass is 367 g/mol. The van der Waals surface area contributed by atoms with Crippen molar-refractivity contribution in [1.29, 1.82) is 0 Å². The fourth-order valence-corrected chi connectivity index (χ4v) is 3.72. The number of ether oxygens (including phenoxy) is 1. The van der Waals surface area contributed by atoms with Gasteiger partial charge in [0.05, 0.1) is 0 Å². The Balaban J connectivity index is 1.51. The van der Waals surface area contributed by atoms with Gasteiger partial charge >= 0.3 is 6.09 Å². The Labute approximate surface area is 161 Å². The second kappa shape index (κ2) is 10.1. The molecule has 1 saturated carbocycles. The molecular formula is C22H29N3O2. The van der Waals surface area contributed by atoms with E-state index in [0.29, 0.717) is 24.0 Å². The van der Waals surface area contributed by atoms with Gasteiger partial charge in [-0.3, -0.25) is 10.3 Å². The number of nitrogens with zero attached hydrogens (tertiary/aromatic N) is 1. The Morgan fingerprint density at radius 3 is 2.67 bits per heavy atom. The summed E-state index contributed by atoms with van der Waals surface area (Å²) in [7, 11) is 0. The first-order chi connectivity index (χ1) is 13.2. The molecule has 5 nitrogen and oxygen atoms in total. The molecule has 0 saturated heterocycles. The number of para-hydroxylation sites is 1. The zero-order valence-electron chi connectivity index (χ0n) is 16.0. The lowest BCUT2D eigenvalue weighted by molar-refractivity contribution is 0.214. The van der Waals surface area contributed by atoms with Gasteiger partial charge in [-0.2, -0.15) is 0 Å². The molecule has 1 aliphatic rings. The fraction of sp³-hybridized carbons (Fsp3) is 0.455. The van der Waals surface area contributed by atoms with Gasteiger partial charge in [0, 0.05) is 36.2 Å². The first-order valence-electron chi connectivity index (χ1n) is 9.91. The summed E-state index contributed by atoms with van der Waals surface area (Å²) in [6.07, 6.45) is 10.8. The van der Waals surface area contributed by atoms with Crippen molar-refractivity contribution in [3.63, 3.8) is 0 Å². The van der Waals surface area contributed by atoms with E-state index in [-0.39, 0.29) is 0 Å². The molecule has 1 atom stereocenters. The summed E-state index contributed by atoms with van der Waals surface area (Å²) in [5, 5.41) is 6.30. The smallest absolute Gasteiger partial charge is 0.410 e. The van der Waals surface area contributed by atoms with Crippen molar-refractivity contribution in [2.75, 3.05) is 5.32 Å². The molecule has 5 heteroatoms. The van der Waals surface area contributed by atoms with Crippen LogP contribution in [0.1, 0.15) is 51.0 Å². The van der Waals surface area contributed by atoms with Crippen LogP contribution in [0, 0.1) is 5.92 Å². The maximum Gasteiger partial charge on any atom is 0.417 e. The van der Waals surface area contributed by atoms with Crippen LogP contribution in [0.3, 0.4) is 0 Å². The molecular weight excluding hydrogens is 338 g/mol. The molecule has 1 fully saturated rings. The highest BCUT2D eigenvalue weighted by atomic mass is 16.6. The predicted molar refractivity (Wildman–Crippen MR) is 108 cm³/mol. The molecule has 2 aromatic rings. The molecule has 0 aliphatic heterocycles. The van der Waals surface area contributed by atoms with E-state index in [1.807, 2.05) is 24.3 Å². The zero-order chi connectivity index (χ0) is 18.9. The van der Waals surface area contributed by atoms with Crippen LogP contribution in [0.5, 0.6) is 5.75 Å². The fourth-order valence-electron chi connectivity index (χ4n) is 3.72. The molecule has 1 amide bonds. The van der Waals surface area contributed by atoms with E-state index in [2.05, 4.69) is 22.5 Å². The van der Waals surface area contributed by atoms with Crippen molar-refractivity contribution in [1.82, 2.24) is 10.3 Å². The molecule has 0 bridgehead atoms. The van der Waals surface area contributed by atoms with Gasteiger partial charge in [-0.1, -0.05) is 50.3 Å². The molecule has 3 rings (SSSR count). The standard InChI is InChI=1S/C22H29N3O2/c1-17(15-18-7-3-2-4-8-18)24-16-19-9-5-6-10-21(19)27-22(26)25-20-11-13-23-14-12-20/h5-6,9-14,17-18,24H,2-4,7-8,15-16H2,1H3,(H,23,25,26). The van der Waals surface area contributed by atoms with Crippen LogP contribution < -0.4 is 15.4 Å². The Morgan fingerprint density at radius 1 is 1.15 bits per heavy atom. The normalized spacial score (nSPS) is 15.9. The lowest BCUT2D eigenvalue weighted by atomic mass is 9.85. The van der Waals surface area contributed by atoms with Gasteiger partial charge in [0.25, 0.3) is 0 Å². The maximum absolute atomic E-state index is 12.2. The average Bonchev–Trinajstić information content (AvgIpc) is 2.69. The number of nitrogens with one attached hydrogen (secondary N) is 2. The third-order valence-electron chi connectivity index (χ3n) is 5.15. The van der Waals surface area contributed by atoms with Crippen LogP contribution in [0.15, 0.2) is 48.8 Å².